The molecule has 0 fully saturated rings. The maximum absolute atomic E-state index is 10.5. The van der Waals surface area contributed by atoms with Gasteiger partial charge in [-0.1, -0.05) is 54.1 Å². The van der Waals surface area contributed by atoms with Gasteiger partial charge in [-0.3, -0.25) is 0 Å². The highest BCUT2D eigenvalue weighted by atomic mass is 35.5. The average molecular weight is 287 g/mol. The number of aryl methyl sites for hydroxylation is 1. The minimum Gasteiger partial charge on any atom is -0.388 e. The van der Waals surface area contributed by atoms with Crippen LogP contribution in [0.4, 0.5) is 0 Å². The summed E-state index contributed by atoms with van der Waals surface area (Å²) in [4.78, 5) is 0. The third-order valence-electron chi connectivity index (χ3n) is 4.27. The van der Waals surface area contributed by atoms with Crippen molar-refractivity contribution in [1.29, 1.82) is 0 Å². The molecule has 0 amide bonds. The van der Waals surface area contributed by atoms with Crippen LogP contribution in [0.1, 0.15) is 48.0 Å². The van der Waals surface area contributed by atoms with Gasteiger partial charge in [0.05, 0.1) is 6.10 Å². The van der Waals surface area contributed by atoms with Crippen LogP contribution in [0.3, 0.4) is 0 Å². The van der Waals surface area contributed by atoms with Gasteiger partial charge in [-0.25, -0.2) is 0 Å². The van der Waals surface area contributed by atoms with E-state index < -0.39 is 6.10 Å². The van der Waals surface area contributed by atoms with Crippen molar-refractivity contribution < 1.29 is 5.11 Å². The number of aliphatic hydroxyl groups is 1. The number of aliphatic hydroxyl groups excluding tert-OH is 1. The van der Waals surface area contributed by atoms with Gasteiger partial charge in [-0.2, -0.15) is 0 Å². The summed E-state index contributed by atoms with van der Waals surface area (Å²) in [6.07, 6.45) is 3.78. The summed E-state index contributed by atoms with van der Waals surface area (Å²) in [5.41, 5.74) is 3.69. The molecule has 0 spiro atoms. The van der Waals surface area contributed by atoms with Crippen molar-refractivity contribution >= 4 is 11.6 Å². The Hall–Kier alpha value is -1.31. The summed E-state index contributed by atoms with van der Waals surface area (Å²) in [5.74, 6) is 0.436. The van der Waals surface area contributed by atoms with Crippen LogP contribution in [-0.2, 0) is 6.42 Å². The fourth-order valence-electron chi connectivity index (χ4n) is 3.24. The number of rotatable bonds is 3. The predicted molar refractivity (Wildman–Crippen MR) is 83.1 cm³/mol. The second kappa shape index (κ2) is 5.99. The third-order valence-corrected chi connectivity index (χ3v) is 4.61. The molecule has 20 heavy (non-hydrogen) atoms. The molecular formula is C18H19ClO. The molecule has 1 nitrogen and oxygen atoms in total. The summed E-state index contributed by atoms with van der Waals surface area (Å²) in [5, 5.41) is 11.2. The lowest BCUT2D eigenvalue weighted by atomic mass is 9.79. The summed E-state index contributed by atoms with van der Waals surface area (Å²) in [7, 11) is 0. The predicted octanol–water partition coefficient (Wildman–Crippen LogP) is 4.88. The Morgan fingerprint density at radius 3 is 2.70 bits per heavy atom. The van der Waals surface area contributed by atoms with E-state index in [1.54, 1.807) is 0 Å². The first-order valence-electron chi connectivity index (χ1n) is 7.26. The van der Waals surface area contributed by atoms with Crippen molar-refractivity contribution in [2.45, 2.75) is 37.7 Å². The Labute approximate surface area is 125 Å². The molecule has 1 aliphatic rings. The molecule has 2 aromatic rings. The number of hydrogen-bond acceptors (Lipinski definition) is 1. The normalized spacial score (nSPS) is 19.4. The minimum atomic E-state index is -0.486. The molecule has 0 saturated carbocycles. The minimum absolute atomic E-state index is 0.436. The summed E-state index contributed by atoms with van der Waals surface area (Å²) >= 11 is 6.18. The first-order valence-corrected chi connectivity index (χ1v) is 7.64. The summed E-state index contributed by atoms with van der Waals surface area (Å²) in [6, 6.07) is 16.2. The molecule has 1 N–H and O–H groups in total. The molecule has 2 heteroatoms. The highest BCUT2D eigenvalue weighted by molar-refractivity contribution is 6.31. The van der Waals surface area contributed by atoms with E-state index in [1.165, 1.54) is 17.5 Å². The van der Waals surface area contributed by atoms with E-state index >= 15 is 0 Å². The van der Waals surface area contributed by atoms with E-state index in [0.717, 1.165) is 24.8 Å². The molecule has 2 unspecified atom stereocenters. The van der Waals surface area contributed by atoms with Gasteiger partial charge < -0.3 is 5.11 Å². The Morgan fingerprint density at radius 2 is 1.85 bits per heavy atom. The third kappa shape index (κ3) is 2.74. The number of halogens is 1. The molecule has 0 heterocycles. The van der Waals surface area contributed by atoms with Crippen LogP contribution in [0.5, 0.6) is 0 Å². The maximum Gasteiger partial charge on any atom is 0.0810 e. The lowest BCUT2D eigenvalue weighted by Gasteiger charge is -2.27. The average Bonchev–Trinajstić information content (AvgIpc) is 2.48. The van der Waals surface area contributed by atoms with Crippen molar-refractivity contribution in [2.24, 2.45) is 0 Å². The van der Waals surface area contributed by atoms with Gasteiger partial charge >= 0.3 is 0 Å². The van der Waals surface area contributed by atoms with Crippen LogP contribution in [0.2, 0.25) is 5.02 Å². The van der Waals surface area contributed by atoms with Crippen LogP contribution in [-0.4, -0.2) is 5.11 Å². The second-order valence-electron chi connectivity index (χ2n) is 5.56. The lowest BCUT2D eigenvalue weighted by molar-refractivity contribution is 0.154. The standard InChI is InChI=1S/C18H19ClO/c19-17-11-4-3-10-16(17)18(20)12-14-8-5-7-13-6-1-2-9-15(13)14/h1-4,6,9-11,14,18,20H,5,7-8,12H2. The zero-order chi connectivity index (χ0) is 13.9. The number of fused-ring (bicyclic) bond motifs is 1. The van der Waals surface area contributed by atoms with Crippen molar-refractivity contribution in [3.63, 3.8) is 0 Å². The zero-order valence-corrected chi connectivity index (χ0v) is 12.2. The van der Waals surface area contributed by atoms with Gasteiger partial charge in [-0.05, 0) is 54.4 Å². The van der Waals surface area contributed by atoms with Crippen molar-refractivity contribution in [3.05, 3.63) is 70.2 Å². The number of hydrogen-bond donors (Lipinski definition) is 1. The Bertz CT molecular complexity index is 593. The van der Waals surface area contributed by atoms with Gasteiger partial charge in [0, 0.05) is 5.02 Å². The molecule has 2 aromatic carbocycles. The van der Waals surface area contributed by atoms with Gasteiger partial charge in [0.1, 0.15) is 0 Å². The molecule has 1 aliphatic carbocycles. The van der Waals surface area contributed by atoms with Crippen LogP contribution in [0.25, 0.3) is 0 Å². The van der Waals surface area contributed by atoms with Crippen molar-refractivity contribution in [2.75, 3.05) is 0 Å². The SMILES string of the molecule is OC(CC1CCCc2ccccc21)c1ccccc1Cl. The maximum atomic E-state index is 10.5. The van der Waals surface area contributed by atoms with Gasteiger partial charge in [0.2, 0.25) is 0 Å². The van der Waals surface area contributed by atoms with Crippen molar-refractivity contribution in [1.82, 2.24) is 0 Å². The smallest absolute Gasteiger partial charge is 0.0810 e. The molecule has 3 rings (SSSR count). The first-order chi connectivity index (χ1) is 9.75. The highest BCUT2D eigenvalue weighted by Crippen LogP contribution is 2.38. The van der Waals surface area contributed by atoms with E-state index in [4.69, 9.17) is 11.6 Å². The highest BCUT2D eigenvalue weighted by Gasteiger charge is 2.23. The fourth-order valence-corrected chi connectivity index (χ4v) is 3.50. The van der Waals surface area contributed by atoms with Gasteiger partial charge in [0.15, 0.2) is 0 Å². The van der Waals surface area contributed by atoms with Crippen LogP contribution in [0, 0.1) is 0 Å². The van der Waals surface area contributed by atoms with Crippen LogP contribution < -0.4 is 0 Å². The van der Waals surface area contributed by atoms with E-state index in [9.17, 15) is 5.11 Å². The topological polar surface area (TPSA) is 20.2 Å². The monoisotopic (exact) mass is 286 g/mol. The largest absolute Gasteiger partial charge is 0.388 e. The van der Waals surface area contributed by atoms with Crippen LogP contribution >= 0.6 is 11.6 Å². The molecule has 0 aliphatic heterocycles. The summed E-state index contributed by atoms with van der Waals surface area (Å²) < 4.78 is 0. The lowest BCUT2D eigenvalue weighted by Crippen LogP contribution is -2.13. The first kappa shape index (κ1) is 13.7. The van der Waals surface area contributed by atoms with E-state index in [0.29, 0.717) is 10.9 Å². The molecule has 104 valence electrons. The van der Waals surface area contributed by atoms with E-state index in [2.05, 4.69) is 24.3 Å². The van der Waals surface area contributed by atoms with Gasteiger partial charge in [0.25, 0.3) is 0 Å². The molecule has 0 saturated heterocycles. The van der Waals surface area contributed by atoms with E-state index in [1.807, 2.05) is 24.3 Å². The second-order valence-corrected chi connectivity index (χ2v) is 5.97. The van der Waals surface area contributed by atoms with Crippen LogP contribution in [0.15, 0.2) is 48.5 Å². The Morgan fingerprint density at radius 1 is 1.10 bits per heavy atom. The Kier molecular flexibility index (Phi) is 4.09. The zero-order valence-electron chi connectivity index (χ0n) is 11.4. The molecule has 0 radical (unpaired) electrons. The molecular weight excluding hydrogens is 268 g/mol. The molecule has 0 aromatic heterocycles. The number of benzene rings is 2. The summed E-state index contributed by atoms with van der Waals surface area (Å²) in [6.45, 7) is 0. The van der Waals surface area contributed by atoms with E-state index in [-0.39, 0.29) is 0 Å². The molecule has 2 atom stereocenters. The quantitative estimate of drug-likeness (QED) is 0.852. The molecule has 0 bridgehead atoms. The van der Waals surface area contributed by atoms with Gasteiger partial charge in [-0.15, -0.1) is 0 Å². The fraction of sp³-hybridized carbons (Fsp3) is 0.333. The van der Waals surface area contributed by atoms with Crippen molar-refractivity contribution in [3.8, 4) is 0 Å². The Balaban J connectivity index is 1.81.